The Morgan fingerprint density at radius 3 is 2.36 bits per heavy atom. The van der Waals surface area contributed by atoms with Gasteiger partial charge >= 0.3 is 0 Å². The van der Waals surface area contributed by atoms with E-state index in [1.54, 1.807) is 24.3 Å². The highest BCUT2D eigenvalue weighted by molar-refractivity contribution is 7.89. The largest absolute Gasteiger partial charge is 0.369 e. The first kappa shape index (κ1) is 23.0. The van der Waals surface area contributed by atoms with E-state index < -0.39 is 15.9 Å². The van der Waals surface area contributed by atoms with E-state index in [0.29, 0.717) is 38.4 Å². The number of anilines is 2. The molecule has 1 amide bonds. The summed E-state index contributed by atoms with van der Waals surface area (Å²) in [4.78, 5) is 15.2. The Labute approximate surface area is 194 Å². The predicted molar refractivity (Wildman–Crippen MR) is 129 cm³/mol. The first-order valence-electron chi connectivity index (χ1n) is 11.1. The van der Waals surface area contributed by atoms with Crippen molar-refractivity contribution < 1.29 is 13.2 Å². The summed E-state index contributed by atoms with van der Waals surface area (Å²) >= 11 is 0. The van der Waals surface area contributed by atoms with Gasteiger partial charge in [0.15, 0.2) is 0 Å². The minimum Gasteiger partial charge on any atom is -0.369 e. The fourth-order valence-electron chi connectivity index (χ4n) is 4.00. The molecule has 1 aliphatic rings. The number of amides is 1. The fraction of sp³-hybridized carbons (Fsp3) is 0.333. The maximum absolute atomic E-state index is 13.5. The zero-order valence-corrected chi connectivity index (χ0v) is 20.0. The molecule has 2 heterocycles. The Kier molecular flexibility index (Phi) is 6.53. The highest BCUT2D eigenvalue weighted by Gasteiger charge is 2.35. The van der Waals surface area contributed by atoms with E-state index in [9.17, 15) is 13.2 Å². The summed E-state index contributed by atoms with van der Waals surface area (Å²) in [5.41, 5.74) is 4.19. The number of benzene rings is 2. The first-order chi connectivity index (χ1) is 15.8. The molecule has 1 aromatic heterocycles. The lowest BCUT2D eigenvalue weighted by atomic mass is 10.1. The molecule has 0 spiro atoms. The summed E-state index contributed by atoms with van der Waals surface area (Å²) in [5.74, 6) is -0.492. The number of aryl methyl sites for hydroxylation is 2. The molecule has 2 aromatic carbocycles. The minimum absolute atomic E-state index is 0.0534. The molecule has 1 fully saturated rings. The van der Waals surface area contributed by atoms with Gasteiger partial charge in [-0.3, -0.25) is 9.48 Å². The van der Waals surface area contributed by atoms with Gasteiger partial charge in [0.2, 0.25) is 5.03 Å². The van der Waals surface area contributed by atoms with Gasteiger partial charge in [0, 0.05) is 50.3 Å². The van der Waals surface area contributed by atoms with Crippen LogP contribution in [0.3, 0.4) is 0 Å². The number of nitrogens with one attached hydrogen (secondary N) is 1. The molecule has 33 heavy (non-hydrogen) atoms. The normalized spacial score (nSPS) is 14.9. The number of sulfonamides is 1. The summed E-state index contributed by atoms with van der Waals surface area (Å²) in [5, 5.41) is 6.83. The summed E-state index contributed by atoms with van der Waals surface area (Å²) < 4.78 is 29.9. The summed E-state index contributed by atoms with van der Waals surface area (Å²) in [6, 6.07) is 15.1. The monoisotopic (exact) mass is 467 g/mol. The van der Waals surface area contributed by atoms with E-state index in [1.807, 2.05) is 19.1 Å². The maximum atomic E-state index is 13.5. The Balaban J connectivity index is 1.56. The second-order valence-electron chi connectivity index (χ2n) is 8.13. The highest BCUT2D eigenvalue weighted by atomic mass is 32.2. The van der Waals surface area contributed by atoms with Crippen LogP contribution in [0, 0.1) is 13.8 Å². The van der Waals surface area contributed by atoms with Gasteiger partial charge < -0.3 is 10.2 Å². The van der Waals surface area contributed by atoms with Crippen LogP contribution in [0.2, 0.25) is 0 Å². The molecule has 0 unspecified atom stereocenters. The highest BCUT2D eigenvalue weighted by Crippen LogP contribution is 2.26. The molecule has 3 aromatic rings. The van der Waals surface area contributed by atoms with Crippen LogP contribution in [0.25, 0.3) is 0 Å². The van der Waals surface area contributed by atoms with Crippen molar-refractivity contribution in [3.63, 3.8) is 0 Å². The van der Waals surface area contributed by atoms with Crippen molar-refractivity contribution in [3.05, 3.63) is 71.4 Å². The lowest BCUT2D eigenvalue weighted by Gasteiger charge is -2.36. The van der Waals surface area contributed by atoms with Crippen LogP contribution in [0.15, 0.2) is 59.8 Å². The molecule has 0 radical (unpaired) electrons. The number of aromatic nitrogens is 2. The zero-order chi connectivity index (χ0) is 23.6. The Hall–Kier alpha value is -3.17. The van der Waals surface area contributed by atoms with Crippen LogP contribution in [-0.2, 0) is 16.6 Å². The molecule has 1 aliphatic heterocycles. The molecule has 1 saturated heterocycles. The molecule has 0 atom stereocenters. The van der Waals surface area contributed by atoms with E-state index in [0.717, 1.165) is 5.69 Å². The van der Waals surface area contributed by atoms with Crippen LogP contribution < -0.4 is 10.2 Å². The number of para-hydroxylation sites is 1. The first-order valence-corrected chi connectivity index (χ1v) is 12.5. The summed E-state index contributed by atoms with van der Waals surface area (Å²) in [6.45, 7) is 8.27. The SMILES string of the molecule is CCn1cc(C(=O)Nc2ccccc2)c(S(=O)(=O)N2CCN(c3cccc(C)c3C)CC2)n1. The molecule has 174 valence electrons. The summed E-state index contributed by atoms with van der Waals surface area (Å²) in [6.07, 6.45) is 1.50. The number of hydrogen-bond acceptors (Lipinski definition) is 5. The van der Waals surface area contributed by atoms with Crippen LogP contribution in [0.5, 0.6) is 0 Å². The van der Waals surface area contributed by atoms with E-state index in [-0.39, 0.29) is 10.6 Å². The standard InChI is InChI=1S/C24H29N5O3S/c1-4-28-17-21(23(30)25-20-10-6-5-7-11-20)24(26-28)33(31,32)29-15-13-27(14-16-29)22-12-8-9-18(2)19(22)3/h5-12,17H,4,13-16H2,1-3H3,(H,25,30). The number of carbonyl (C=O) groups excluding carboxylic acids is 1. The molecule has 9 heteroatoms. The third-order valence-electron chi connectivity index (χ3n) is 6.07. The Morgan fingerprint density at radius 1 is 1.00 bits per heavy atom. The van der Waals surface area contributed by atoms with Crippen LogP contribution in [-0.4, -0.2) is 54.6 Å². The van der Waals surface area contributed by atoms with Gasteiger partial charge in [0.05, 0.1) is 5.56 Å². The average molecular weight is 468 g/mol. The molecule has 0 bridgehead atoms. The predicted octanol–water partition coefficient (Wildman–Crippen LogP) is 3.28. The van der Waals surface area contributed by atoms with Gasteiger partial charge in [0.25, 0.3) is 15.9 Å². The van der Waals surface area contributed by atoms with E-state index in [1.165, 1.54) is 26.3 Å². The number of nitrogens with zero attached hydrogens (tertiary/aromatic N) is 4. The average Bonchev–Trinajstić information content (AvgIpc) is 3.27. The van der Waals surface area contributed by atoms with Gasteiger partial charge in [-0.1, -0.05) is 30.3 Å². The van der Waals surface area contributed by atoms with Crippen LogP contribution >= 0.6 is 0 Å². The third kappa shape index (κ3) is 4.65. The van der Waals surface area contributed by atoms with Gasteiger partial charge in [0.1, 0.15) is 0 Å². The zero-order valence-electron chi connectivity index (χ0n) is 19.2. The smallest absolute Gasteiger partial charge is 0.263 e. The molecule has 8 nitrogen and oxygen atoms in total. The van der Waals surface area contributed by atoms with Gasteiger partial charge in [-0.25, -0.2) is 8.42 Å². The minimum atomic E-state index is -3.93. The van der Waals surface area contributed by atoms with Gasteiger partial charge in [-0.2, -0.15) is 9.40 Å². The van der Waals surface area contributed by atoms with Crippen molar-refractivity contribution in [1.82, 2.24) is 14.1 Å². The lowest BCUT2D eigenvalue weighted by molar-refractivity contribution is 0.102. The van der Waals surface area contributed by atoms with Crippen molar-refractivity contribution in [2.75, 3.05) is 36.4 Å². The van der Waals surface area contributed by atoms with E-state index in [2.05, 4.69) is 41.3 Å². The Bertz CT molecular complexity index is 1250. The number of rotatable bonds is 6. The number of carbonyl (C=O) groups is 1. The molecular weight excluding hydrogens is 438 g/mol. The second kappa shape index (κ2) is 9.36. The van der Waals surface area contributed by atoms with Crippen molar-refractivity contribution in [3.8, 4) is 0 Å². The summed E-state index contributed by atoms with van der Waals surface area (Å²) in [7, 11) is -3.93. The second-order valence-corrected chi connectivity index (χ2v) is 9.99. The van der Waals surface area contributed by atoms with Gasteiger partial charge in [-0.05, 0) is 50.1 Å². The van der Waals surface area contributed by atoms with E-state index >= 15 is 0 Å². The van der Waals surface area contributed by atoms with Gasteiger partial charge in [-0.15, -0.1) is 0 Å². The third-order valence-corrected chi connectivity index (χ3v) is 7.90. The quantitative estimate of drug-likeness (QED) is 0.601. The molecule has 1 N–H and O–H groups in total. The molecule has 0 saturated carbocycles. The Morgan fingerprint density at radius 2 is 1.70 bits per heavy atom. The van der Waals surface area contributed by atoms with Crippen molar-refractivity contribution in [2.24, 2.45) is 0 Å². The van der Waals surface area contributed by atoms with Crippen molar-refractivity contribution in [2.45, 2.75) is 32.3 Å². The molecule has 4 rings (SSSR count). The lowest BCUT2D eigenvalue weighted by Crippen LogP contribution is -2.49. The van der Waals surface area contributed by atoms with Crippen LogP contribution in [0.1, 0.15) is 28.4 Å². The maximum Gasteiger partial charge on any atom is 0.263 e. The van der Waals surface area contributed by atoms with E-state index in [4.69, 9.17) is 0 Å². The van der Waals surface area contributed by atoms with Crippen LogP contribution in [0.4, 0.5) is 11.4 Å². The number of hydrogen-bond donors (Lipinski definition) is 1. The fourth-order valence-corrected chi connectivity index (χ4v) is 5.52. The number of piperazine rings is 1. The topological polar surface area (TPSA) is 87.5 Å². The van der Waals surface area contributed by atoms with Crippen molar-refractivity contribution in [1.29, 1.82) is 0 Å². The molecule has 0 aliphatic carbocycles. The molecular formula is C24H29N5O3S. The van der Waals surface area contributed by atoms with Crippen molar-refractivity contribution >= 4 is 27.3 Å².